The lowest BCUT2D eigenvalue weighted by atomic mass is 10.00. The van der Waals surface area contributed by atoms with Crippen molar-refractivity contribution < 1.29 is 19.2 Å². The highest BCUT2D eigenvalue weighted by Crippen LogP contribution is 2.19. The monoisotopic (exact) mass is 384 g/mol. The molecule has 6 nitrogen and oxygen atoms in total. The Hall–Kier alpha value is -2.99. The van der Waals surface area contributed by atoms with E-state index in [4.69, 9.17) is 21.2 Å². The molecule has 3 aromatic rings. The van der Waals surface area contributed by atoms with Gasteiger partial charge in [-0.2, -0.15) is 4.98 Å². The summed E-state index contributed by atoms with van der Waals surface area (Å²) in [7, 11) is 0. The van der Waals surface area contributed by atoms with Gasteiger partial charge in [-0.15, -0.1) is 0 Å². The molecular formula is C20H17ClN2O4. The minimum Gasteiger partial charge on any atom is -0.478 e. The zero-order chi connectivity index (χ0) is 19.2. The van der Waals surface area contributed by atoms with E-state index in [2.05, 4.69) is 10.1 Å². The molecule has 0 radical (unpaired) electrons. The molecule has 7 heteroatoms. The summed E-state index contributed by atoms with van der Waals surface area (Å²) in [5, 5.41) is 13.7. The lowest BCUT2D eigenvalue weighted by molar-refractivity contribution is -0.118. The van der Waals surface area contributed by atoms with E-state index < -0.39 is 5.97 Å². The van der Waals surface area contributed by atoms with Crippen LogP contribution in [-0.2, 0) is 17.6 Å². The number of rotatable bonds is 8. The SMILES string of the molecule is O=C(CCCc1nc(-c2ccc(Cl)cc2)no1)Cc1ccccc1C(=O)O. The zero-order valence-electron chi connectivity index (χ0n) is 14.4. The van der Waals surface area contributed by atoms with Gasteiger partial charge in [-0.1, -0.05) is 35.0 Å². The van der Waals surface area contributed by atoms with Gasteiger partial charge in [0.05, 0.1) is 5.56 Å². The van der Waals surface area contributed by atoms with Gasteiger partial charge in [-0.3, -0.25) is 4.79 Å². The topological polar surface area (TPSA) is 93.3 Å². The average molecular weight is 385 g/mol. The predicted octanol–water partition coefficient (Wildman–Crippen LogP) is 4.22. The van der Waals surface area contributed by atoms with E-state index in [-0.39, 0.29) is 17.8 Å². The van der Waals surface area contributed by atoms with Crippen molar-refractivity contribution in [2.45, 2.75) is 25.7 Å². The van der Waals surface area contributed by atoms with Crippen molar-refractivity contribution in [3.05, 3.63) is 70.6 Å². The molecule has 1 N–H and O–H groups in total. The van der Waals surface area contributed by atoms with Gasteiger partial charge in [0.2, 0.25) is 11.7 Å². The van der Waals surface area contributed by atoms with Crippen molar-refractivity contribution in [2.75, 3.05) is 0 Å². The third-order valence-corrected chi connectivity index (χ3v) is 4.30. The largest absolute Gasteiger partial charge is 0.478 e. The summed E-state index contributed by atoms with van der Waals surface area (Å²) >= 11 is 5.86. The molecule has 2 aromatic carbocycles. The number of nitrogens with zero attached hydrogens (tertiary/aromatic N) is 2. The number of benzene rings is 2. The number of halogens is 1. The number of hydrogen-bond acceptors (Lipinski definition) is 5. The van der Waals surface area contributed by atoms with Crippen molar-refractivity contribution in [3.8, 4) is 11.4 Å². The van der Waals surface area contributed by atoms with Gasteiger partial charge in [0.25, 0.3) is 0 Å². The van der Waals surface area contributed by atoms with E-state index in [0.29, 0.717) is 41.6 Å². The van der Waals surface area contributed by atoms with Crippen LogP contribution in [-0.4, -0.2) is 27.0 Å². The molecule has 27 heavy (non-hydrogen) atoms. The highest BCUT2D eigenvalue weighted by molar-refractivity contribution is 6.30. The molecule has 0 bridgehead atoms. The number of Topliss-reactive ketones (excluding diaryl/α,β-unsaturated/α-hetero) is 1. The van der Waals surface area contributed by atoms with Crippen molar-refractivity contribution in [2.24, 2.45) is 0 Å². The number of carboxylic acid groups (broad SMARTS) is 1. The van der Waals surface area contributed by atoms with Crippen LogP contribution in [0, 0.1) is 0 Å². The summed E-state index contributed by atoms with van der Waals surface area (Å²) in [5.74, 6) is -0.123. The van der Waals surface area contributed by atoms with Crippen LogP contribution >= 0.6 is 11.6 Å². The second-order valence-corrected chi connectivity index (χ2v) is 6.49. The van der Waals surface area contributed by atoms with Gasteiger partial charge in [-0.05, 0) is 42.3 Å². The maximum Gasteiger partial charge on any atom is 0.335 e. The summed E-state index contributed by atoms with van der Waals surface area (Å²) in [4.78, 5) is 27.7. The van der Waals surface area contributed by atoms with Crippen LogP contribution in [0.1, 0.15) is 34.7 Å². The summed E-state index contributed by atoms with van der Waals surface area (Å²) in [6.45, 7) is 0. The molecule has 0 amide bonds. The van der Waals surface area contributed by atoms with E-state index in [1.54, 1.807) is 42.5 Å². The molecule has 0 aliphatic heterocycles. The molecule has 0 saturated heterocycles. The van der Waals surface area contributed by atoms with Gasteiger partial charge < -0.3 is 9.63 Å². The van der Waals surface area contributed by atoms with Gasteiger partial charge in [0, 0.05) is 29.8 Å². The number of hydrogen-bond donors (Lipinski definition) is 1. The first-order valence-corrected chi connectivity index (χ1v) is 8.82. The number of aromatic carboxylic acids is 1. The predicted molar refractivity (Wildman–Crippen MR) is 99.8 cm³/mol. The first-order valence-electron chi connectivity index (χ1n) is 8.44. The van der Waals surface area contributed by atoms with Gasteiger partial charge >= 0.3 is 5.97 Å². The molecule has 0 fully saturated rings. The molecule has 1 heterocycles. The van der Waals surface area contributed by atoms with Crippen LogP contribution in [0.5, 0.6) is 0 Å². The normalized spacial score (nSPS) is 10.7. The Bertz CT molecular complexity index is 951. The number of ketones is 1. The minimum absolute atomic E-state index is 0.0267. The quantitative estimate of drug-likeness (QED) is 0.624. The summed E-state index contributed by atoms with van der Waals surface area (Å²) in [6.07, 6.45) is 1.44. The van der Waals surface area contributed by atoms with Crippen molar-refractivity contribution >= 4 is 23.4 Å². The molecule has 1 aromatic heterocycles. The Morgan fingerprint density at radius 1 is 1.07 bits per heavy atom. The molecule has 0 atom stereocenters. The molecular weight excluding hydrogens is 368 g/mol. The fourth-order valence-corrected chi connectivity index (χ4v) is 2.82. The number of aryl methyl sites for hydroxylation is 1. The smallest absolute Gasteiger partial charge is 0.335 e. The van der Waals surface area contributed by atoms with Crippen molar-refractivity contribution in [1.29, 1.82) is 0 Å². The van der Waals surface area contributed by atoms with Crippen LogP contribution in [0.3, 0.4) is 0 Å². The fraction of sp³-hybridized carbons (Fsp3) is 0.200. The third-order valence-electron chi connectivity index (χ3n) is 4.05. The van der Waals surface area contributed by atoms with Gasteiger partial charge in [0.1, 0.15) is 5.78 Å². The van der Waals surface area contributed by atoms with Crippen LogP contribution < -0.4 is 0 Å². The molecule has 3 rings (SSSR count). The first kappa shape index (κ1) is 18.8. The number of carbonyl (C=O) groups is 2. The fourth-order valence-electron chi connectivity index (χ4n) is 2.69. The molecule has 0 aliphatic carbocycles. The molecule has 0 spiro atoms. The summed E-state index contributed by atoms with van der Waals surface area (Å²) in [6, 6.07) is 13.7. The lowest BCUT2D eigenvalue weighted by Crippen LogP contribution is -2.08. The molecule has 0 saturated carbocycles. The zero-order valence-corrected chi connectivity index (χ0v) is 15.1. The van der Waals surface area contributed by atoms with Crippen molar-refractivity contribution in [3.63, 3.8) is 0 Å². The Labute approximate surface area is 160 Å². The second-order valence-electron chi connectivity index (χ2n) is 6.05. The standard InChI is InChI=1S/C20H17ClN2O4/c21-15-10-8-13(9-11-15)19-22-18(27-23-19)7-3-5-16(24)12-14-4-1-2-6-17(14)20(25)26/h1-2,4,6,8-11H,3,5,7,12H2,(H,25,26). The Balaban J connectivity index is 1.52. The number of aromatic nitrogens is 2. The number of carboxylic acids is 1. The third kappa shape index (κ3) is 5.01. The maximum atomic E-state index is 12.2. The Kier molecular flexibility index (Phi) is 5.98. The second kappa shape index (κ2) is 8.60. The van der Waals surface area contributed by atoms with E-state index in [9.17, 15) is 9.59 Å². The number of carbonyl (C=O) groups excluding carboxylic acids is 1. The Morgan fingerprint density at radius 2 is 1.81 bits per heavy atom. The highest BCUT2D eigenvalue weighted by atomic mass is 35.5. The lowest BCUT2D eigenvalue weighted by Gasteiger charge is -2.04. The van der Waals surface area contributed by atoms with Crippen LogP contribution in [0.15, 0.2) is 53.1 Å². The van der Waals surface area contributed by atoms with Crippen molar-refractivity contribution in [1.82, 2.24) is 10.1 Å². The van der Waals surface area contributed by atoms with E-state index in [0.717, 1.165) is 5.56 Å². The molecule has 0 unspecified atom stereocenters. The summed E-state index contributed by atoms with van der Waals surface area (Å²) < 4.78 is 5.22. The van der Waals surface area contributed by atoms with Gasteiger partial charge in [0.15, 0.2) is 0 Å². The van der Waals surface area contributed by atoms with Gasteiger partial charge in [-0.25, -0.2) is 4.79 Å². The van der Waals surface area contributed by atoms with Crippen LogP contribution in [0.2, 0.25) is 5.02 Å². The van der Waals surface area contributed by atoms with E-state index >= 15 is 0 Å². The summed E-state index contributed by atoms with van der Waals surface area (Å²) in [5.41, 5.74) is 1.49. The Morgan fingerprint density at radius 3 is 2.56 bits per heavy atom. The van der Waals surface area contributed by atoms with E-state index in [1.165, 1.54) is 6.07 Å². The minimum atomic E-state index is -1.03. The molecule has 0 aliphatic rings. The maximum absolute atomic E-state index is 12.2. The van der Waals surface area contributed by atoms with Crippen LogP contribution in [0.25, 0.3) is 11.4 Å². The van der Waals surface area contributed by atoms with E-state index in [1.807, 2.05) is 0 Å². The van der Waals surface area contributed by atoms with Crippen LogP contribution in [0.4, 0.5) is 0 Å². The molecule has 138 valence electrons. The first-order chi connectivity index (χ1) is 13.0. The highest BCUT2D eigenvalue weighted by Gasteiger charge is 2.13. The average Bonchev–Trinajstić information content (AvgIpc) is 3.11.